The highest BCUT2D eigenvalue weighted by atomic mass is 16.2. The molecular formula is C26H21NO2. The summed E-state index contributed by atoms with van der Waals surface area (Å²) in [6.45, 7) is 0.459. The van der Waals surface area contributed by atoms with Gasteiger partial charge in [-0.2, -0.15) is 0 Å². The van der Waals surface area contributed by atoms with E-state index < -0.39 is 0 Å². The van der Waals surface area contributed by atoms with Crippen LogP contribution in [-0.4, -0.2) is 23.3 Å². The van der Waals surface area contributed by atoms with Gasteiger partial charge in [0.1, 0.15) is 0 Å². The third-order valence-corrected chi connectivity index (χ3v) is 7.01. The van der Waals surface area contributed by atoms with Crippen LogP contribution in [0.2, 0.25) is 0 Å². The molecule has 1 saturated heterocycles. The highest BCUT2D eigenvalue weighted by molar-refractivity contribution is 6.07. The molecule has 3 heteroatoms. The fourth-order valence-electron chi connectivity index (χ4n) is 5.85. The van der Waals surface area contributed by atoms with Gasteiger partial charge in [0.25, 0.3) is 0 Å². The first kappa shape index (κ1) is 16.7. The second-order valence-electron chi connectivity index (χ2n) is 8.33. The van der Waals surface area contributed by atoms with E-state index in [-0.39, 0.29) is 35.5 Å². The molecule has 3 aliphatic carbocycles. The molecular weight excluding hydrogens is 358 g/mol. The number of nitrogens with zero attached hydrogens (tertiary/aromatic N) is 1. The maximum absolute atomic E-state index is 13.5. The molecule has 3 aromatic rings. The zero-order chi connectivity index (χ0) is 19.5. The molecule has 29 heavy (non-hydrogen) atoms. The summed E-state index contributed by atoms with van der Waals surface area (Å²) in [4.78, 5) is 28.5. The first-order valence-corrected chi connectivity index (χ1v) is 10.3. The van der Waals surface area contributed by atoms with E-state index in [4.69, 9.17) is 0 Å². The van der Waals surface area contributed by atoms with Gasteiger partial charge in [-0.3, -0.25) is 14.5 Å². The van der Waals surface area contributed by atoms with E-state index >= 15 is 0 Å². The van der Waals surface area contributed by atoms with Gasteiger partial charge in [0, 0.05) is 18.4 Å². The van der Waals surface area contributed by atoms with Crippen LogP contribution in [0.3, 0.4) is 0 Å². The zero-order valence-electron chi connectivity index (χ0n) is 16.0. The van der Waals surface area contributed by atoms with Gasteiger partial charge in [-0.25, -0.2) is 0 Å². The number of benzene rings is 3. The maximum atomic E-state index is 13.5. The van der Waals surface area contributed by atoms with Gasteiger partial charge in [0.05, 0.1) is 11.8 Å². The topological polar surface area (TPSA) is 37.4 Å². The van der Waals surface area contributed by atoms with Gasteiger partial charge in [-0.15, -0.1) is 0 Å². The summed E-state index contributed by atoms with van der Waals surface area (Å²) in [7, 11) is 0. The van der Waals surface area contributed by atoms with E-state index in [0.29, 0.717) is 13.0 Å². The predicted octanol–water partition coefficient (Wildman–Crippen LogP) is 4.12. The van der Waals surface area contributed by atoms with E-state index in [1.807, 2.05) is 54.6 Å². The molecule has 0 saturated carbocycles. The average Bonchev–Trinajstić information content (AvgIpc) is 3.03. The fraction of sp³-hybridized carbons (Fsp3) is 0.231. The van der Waals surface area contributed by atoms with Crippen LogP contribution >= 0.6 is 0 Å². The average molecular weight is 379 g/mol. The quantitative estimate of drug-likeness (QED) is 0.642. The second kappa shape index (κ2) is 6.15. The molecule has 2 atom stereocenters. The normalized spacial score (nSPS) is 26.3. The monoisotopic (exact) mass is 379 g/mol. The highest BCUT2D eigenvalue weighted by Crippen LogP contribution is 2.60. The third kappa shape index (κ3) is 2.24. The maximum Gasteiger partial charge on any atom is 0.234 e. The molecule has 142 valence electrons. The number of carbonyl (C=O) groups excluding carboxylic acids is 2. The summed E-state index contributed by atoms with van der Waals surface area (Å²) in [6.07, 6.45) is 0.701. The lowest BCUT2D eigenvalue weighted by Crippen LogP contribution is -2.41. The van der Waals surface area contributed by atoms with E-state index in [2.05, 4.69) is 24.3 Å². The van der Waals surface area contributed by atoms with Crippen LogP contribution in [0.25, 0.3) is 0 Å². The van der Waals surface area contributed by atoms with Crippen LogP contribution in [0.15, 0.2) is 78.9 Å². The largest absolute Gasteiger partial charge is 0.282 e. The number of imide groups is 1. The van der Waals surface area contributed by atoms with Crippen molar-refractivity contribution in [3.05, 3.63) is 107 Å². The van der Waals surface area contributed by atoms with Gasteiger partial charge < -0.3 is 0 Å². The molecule has 1 fully saturated rings. The van der Waals surface area contributed by atoms with Crippen molar-refractivity contribution in [3.8, 4) is 0 Å². The number of likely N-dealkylation sites (tertiary alicyclic amines) is 1. The molecule has 0 radical (unpaired) electrons. The molecule has 2 amide bonds. The van der Waals surface area contributed by atoms with Crippen molar-refractivity contribution >= 4 is 11.8 Å². The summed E-state index contributed by atoms with van der Waals surface area (Å²) in [5, 5.41) is 0. The van der Waals surface area contributed by atoms with Crippen molar-refractivity contribution in [1.82, 2.24) is 4.90 Å². The molecule has 0 aromatic heterocycles. The Balaban J connectivity index is 1.42. The van der Waals surface area contributed by atoms with E-state index in [1.165, 1.54) is 22.3 Å². The summed E-state index contributed by atoms with van der Waals surface area (Å²) < 4.78 is 0. The number of hydrogen-bond donors (Lipinski definition) is 0. The van der Waals surface area contributed by atoms with Crippen LogP contribution in [0, 0.1) is 11.8 Å². The molecule has 7 rings (SSSR count). The fourth-order valence-corrected chi connectivity index (χ4v) is 5.85. The van der Waals surface area contributed by atoms with Gasteiger partial charge in [-0.1, -0.05) is 78.9 Å². The van der Waals surface area contributed by atoms with Crippen molar-refractivity contribution in [1.29, 1.82) is 0 Å². The van der Waals surface area contributed by atoms with E-state index in [9.17, 15) is 9.59 Å². The lowest BCUT2D eigenvalue weighted by Gasteiger charge is -2.45. The summed E-state index contributed by atoms with van der Waals surface area (Å²) in [5.41, 5.74) is 6.05. The molecule has 3 aromatic carbocycles. The molecule has 0 spiro atoms. The molecule has 0 N–H and O–H groups in total. The van der Waals surface area contributed by atoms with Crippen molar-refractivity contribution in [2.45, 2.75) is 18.3 Å². The minimum absolute atomic E-state index is 0.00920. The van der Waals surface area contributed by atoms with Crippen molar-refractivity contribution in [2.24, 2.45) is 11.8 Å². The molecule has 2 bridgehead atoms. The lowest BCUT2D eigenvalue weighted by molar-refractivity contribution is -0.139. The zero-order valence-corrected chi connectivity index (χ0v) is 16.0. The second-order valence-corrected chi connectivity index (χ2v) is 8.33. The van der Waals surface area contributed by atoms with Crippen molar-refractivity contribution in [3.63, 3.8) is 0 Å². The van der Waals surface area contributed by atoms with Crippen LogP contribution in [0.5, 0.6) is 0 Å². The smallest absolute Gasteiger partial charge is 0.234 e. The van der Waals surface area contributed by atoms with Gasteiger partial charge >= 0.3 is 0 Å². The molecule has 1 aliphatic heterocycles. The number of rotatable bonds is 3. The van der Waals surface area contributed by atoms with E-state index in [1.54, 1.807) is 4.90 Å². The Morgan fingerprint density at radius 3 is 1.45 bits per heavy atom. The number of carbonyl (C=O) groups is 2. The van der Waals surface area contributed by atoms with Crippen LogP contribution in [0.4, 0.5) is 0 Å². The molecule has 1 heterocycles. The molecule has 3 nitrogen and oxygen atoms in total. The highest BCUT2D eigenvalue weighted by Gasteiger charge is 2.61. The summed E-state index contributed by atoms with van der Waals surface area (Å²) >= 11 is 0. The summed E-state index contributed by atoms with van der Waals surface area (Å²) in [6, 6.07) is 26.8. The predicted molar refractivity (Wildman–Crippen MR) is 110 cm³/mol. The summed E-state index contributed by atoms with van der Waals surface area (Å²) in [5.74, 6) is -0.558. The SMILES string of the molecule is O=C1[C@@H]2C3c4ccccc4C(c4ccccc43)[C@@H]2C(=O)N1CCc1ccccc1. The number of hydrogen-bond acceptors (Lipinski definition) is 2. The van der Waals surface area contributed by atoms with Crippen molar-refractivity contribution in [2.75, 3.05) is 6.54 Å². The van der Waals surface area contributed by atoms with Crippen LogP contribution in [-0.2, 0) is 16.0 Å². The Morgan fingerprint density at radius 2 is 1.00 bits per heavy atom. The van der Waals surface area contributed by atoms with Crippen LogP contribution in [0.1, 0.15) is 39.7 Å². The Kier molecular flexibility index (Phi) is 3.55. The van der Waals surface area contributed by atoms with Gasteiger partial charge in [0.15, 0.2) is 0 Å². The van der Waals surface area contributed by atoms with Crippen molar-refractivity contribution < 1.29 is 9.59 Å². The Hall–Kier alpha value is -3.20. The minimum Gasteiger partial charge on any atom is -0.282 e. The Labute approximate surface area is 170 Å². The molecule has 4 aliphatic rings. The number of amides is 2. The van der Waals surface area contributed by atoms with Gasteiger partial charge in [-0.05, 0) is 34.2 Å². The third-order valence-electron chi connectivity index (χ3n) is 7.01. The Morgan fingerprint density at radius 1 is 0.586 bits per heavy atom. The Bertz CT molecular complexity index is 1020. The standard InChI is InChI=1S/C26H21NO2/c28-25-23-21-17-10-4-5-11-18(17)22(20-13-7-6-12-19(20)21)24(23)26(29)27(25)15-14-16-8-2-1-3-9-16/h1-13,21-24H,14-15H2/t21?,22?,23-,24+. The van der Waals surface area contributed by atoms with E-state index in [0.717, 1.165) is 5.56 Å². The minimum atomic E-state index is -0.270. The van der Waals surface area contributed by atoms with Gasteiger partial charge in [0.2, 0.25) is 11.8 Å². The molecule has 0 unspecified atom stereocenters. The lowest BCUT2D eigenvalue weighted by atomic mass is 9.55. The first-order valence-electron chi connectivity index (χ1n) is 10.3. The van der Waals surface area contributed by atoms with Crippen LogP contribution < -0.4 is 0 Å². The first-order chi connectivity index (χ1) is 14.3.